The van der Waals surface area contributed by atoms with E-state index < -0.39 is 0 Å². The van der Waals surface area contributed by atoms with E-state index >= 15 is 0 Å². The van der Waals surface area contributed by atoms with Gasteiger partial charge in [0.2, 0.25) is 0 Å². The van der Waals surface area contributed by atoms with Gasteiger partial charge in [0.15, 0.2) is 0 Å². The van der Waals surface area contributed by atoms with Crippen molar-refractivity contribution in [2.24, 2.45) is 0 Å². The Morgan fingerprint density at radius 1 is 1.33 bits per heavy atom. The Bertz CT molecular complexity index is 459. The summed E-state index contributed by atoms with van der Waals surface area (Å²) in [5.41, 5.74) is 7.84. The van der Waals surface area contributed by atoms with Crippen molar-refractivity contribution in [2.75, 3.05) is 5.73 Å². The van der Waals surface area contributed by atoms with Gasteiger partial charge in [-0.1, -0.05) is 22.9 Å². The van der Waals surface area contributed by atoms with Crippen LogP contribution >= 0.6 is 15.9 Å². The molecule has 0 bridgehead atoms. The quantitative estimate of drug-likeness (QED) is 0.908. The highest BCUT2D eigenvalue weighted by Gasteiger charge is 2.05. The molecule has 2 rings (SSSR count). The van der Waals surface area contributed by atoms with Crippen molar-refractivity contribution < 1.29 is 0 Å². The van der Waals surface area contributed by atoms with E-state index in [1.165, 1.54) is 0 Å². The van der Waals surface area contributed by atoms with Crippen molar-refractivity contribution >= 4 is 21.7 Å². The third-order valence-corrected chi connectivity index (χ3v) is 2.76. The van der Waals surface area contributed by atoms with Gasteiger partial charge in [-0.05, 0) is 30.7 Å². The maximum atomic E-state index is 5.68. The van der Waals surface area contributed by atoms with Crippen LogP contribution in [-0.4, -0.2) is 9.78 Å². The Balaban J connectivity index is 2.48. The van der Waals surface area contributed by atoms with Gasteiger partial charge in [-0.15, -0.1) is 0 Å². The molecule has 3 nitrogen and oxygen atoms in total. The number of benzene rings is 1. The second-order valence-electron chi connectivity index (χ2n) is 3.30. The van der Waals surface area contributed by atoms with Crippen molar-refractivity contribution in [1.29, 1.82) is 0 Å². The lowest BCUT2D eigenvalue weighted by Crippen LogP contribution is -2.01. The monoisotopic (exact) mass is 265 g/mol. The molecule has 0 spiro atoms. The highest BCUT2D eigenvalue weighted by Crippen LogP contribution is 2.17. The van der Waals surface area contributed by atoms with Crippen LogP contribution in [0.15, 0.2) is 34.8 Å². The average Bonchev–Trinajstić information content (AvgIpc) is 2.61. The molecule has 0 unspecified atom stereocenters. The zero-order valence-electron chi connectivity index (χ0n) is 8.44. The summed E-state index contributed by atoms with van der Waals surface area (Å²) in [5, 5.41) is 4.26. The fourth-order valence-corrected chi connectivity index (χ4v) is 1.76. The van der Waals surface area contributed by atoms with Crippen LogP contribution in [0.25, 0.3) is 5.69 Å². The largest absolute Gasteiger partial charge is 0.382 e. The molecule has 0 saturated heterocycles. The molecule has 1 heterocycles. The minimum atomic E-state index is 0.565. The summed E-state index contributed by atoms with van der Waals surface area (Å²) in [6.07, 6.45) is 0.917. The van der Waals surface area contributed by atoms with E-state index in [0.717, 1.165) is 22.3 Å². The third kappa shape index (κ3) is 2.04. The molecule has 0 amide bonds. The minimum absolute atomic E-state index is 0.565. The first-order valence-corrected chi connectivity index (χ1v) is 5.60. The Morgan fingerprint density at radius 3 is 2.60 bits per heavy atom. The summed E-state index contributed by atoms with van der Waals surface area (Å²) in [6, 6.07) is 9.91. The van der Waals surface area contributed by atoms with Crippen LogP contribution in [0.4, 0.5) is 5.82 Å². The van der Waals surface area contributed by atoms with Crippen molar-refractivity contribution in [3.05, 3.63) is 40.5 Å². The van der Waals surface area contributed by atoms with E-state index in [0.29, 0.717) is 5.82 Å². The highest BCUT2D eigenvalue weighted by molar-refractivity contribution is 9.10. The normalized spacial score (nSPS) is 10.5. The summed E-state index contributed by atoms with van der Waals surface area (Å²) >= 11 is 3.40. The lowest BCUT2D eigenvalue weighted by Gasteiger charge is -2.05. The Morgan fingerprint density at radius 2 is 2.00 bits per heavy atom. The molecule has 1 aromatic carbocycles. The van der Waals surface area contributed by atoms with Crippen LogP contribution in [0.2, 0.25) is 0 Å². The predicted molar refractivity (Wildman–Crippen MR) is 65.1 cm³/mol. The van der Waals surface area contributed by atoms with Crippen LogP contribution in [0.3, 0.4) is 0 Å². The summed E-state index contributed by atoms with van der Waals surface area (Å²) in [7, 11) is 0. The first-order valence-electron chi connectivity index (χ1n) is 4.81. The number of nitrogens with zero attached hydrogens (tertiary/aromatic N) is 2. The van der Waals surface area contributed by atoms with E-state index in [-0.39, 0.29) is 0 Å². The smallest absolute Gasteiger partial charge is 0.146 e. The van der Waals surface area contributed by atoms with Crippen LogP contribution in [0, 0.1) is 0 Å². The molecule has 2 N–H and O–H groups in total. The zero-order valence-corrected chi connectivity index (χ0v) is 10.0. The van der Waals surface area contributed by atoms with Gasteiger partial charge in [0.25, 0.3) is 0 Å². The maximum Gasteiger partial charge on any atom is 0.146 e. The second kappa shape index (κ2) is 4.06. The fraction of sp³-hybridized carbons (Fsp3) is 0.182. The topological polar surface area (TPSA) is 43.8 Å². The molecule has 0 radical (unpaired) electrons. The number of aromatic nitrogens is 2. The van der Waals surface area contributed by atoms with Gasteiger partial charge in [-0.3, -0.25) is 0 Å². The molecule has 0 fully saturated rings. The summed E-state index contributed by atoms with van der Waals surface area (Å²) in [4.78, 5) is 0. The van der Waals surface area contributed by atoms with E-state index in [4.69, 9.17) is 5.73 Å². The Labute approximate surface area is 97.0 Å². The van der Waals surface area contributed by atoms with E-state index in [1.807, 2.05) is 35.0 Å². The third-order valence-electron chi connectivity index (χ3n) is 2.24. The van der Waals surface area contributed by atoms with Gasteiger partial charge in [0.05, 0.1) is 5.69 Å². The number of anilines is 1. The van der Waals surface area contributed by atoms with Gasteiger partial charge in [-0.2, -0.15) is 5.10 Å². The predicted octanol–water partition coefficient (Wildman–Crippen LogP) is 2.78. The number of hydrogen-bond donors (Lipinski definition) is 1. The molecule has 78 valence electrons. The lowest BCUT2D eigenvalue weighted by molar-refractivity contribution is 0.817. The van der Waals surface area contributed by atoms with Gasteiger partial charge in [0, 0.05) is 16.2 Å². The number of aryl methyl sites for hydroxylation is 1. The minimum Gasteiger partial charge on any atom is -0.382 e. The Kier molecular flexibility index (Phi) is 2.77. The molecular weight excluding hydrogens is 254 g/mol. The van der Waals surface area contributed by atoms with Crippen LogP contribution in [0.5, 0.6) is 0 Å². The zero-order chi connectivity index (χ0) is 10.8. The molecule has 0 atom stereocenters. The fourth-order valence-electron chi connectivity index (χ4n) is 1.50. The van der Waals surface area contributed by atoms with Crippen molar-refractivity contribution in [3.63, 3.8) is 0 Å². The first-order chi connectivity index (χ1) is 7.20. The van der Waals surface area contributed by atoms with Crippen LogP contribution in [-0.2, 0) is 6.42 Å². The molecule has 0 aliphatic rings. The lowest BCUT2D eigenvalue weighted by atomic mass is 10.3. The highest BCUT2D eigenvalue weighted by atomic mass is 79.9. The van der Waals surface area contributed by atoms with Gasteiger partial charge in [-0.25, -0.2) is 4.68 Å². The molecule has 0 aliphatic carbocycles. The first kappa shape index (κ1) is 10.2. The van der Waals surface area contributed by atoms with Gasteiger partial charge in [0.1, 0.15) is 5.82 Å². The molecule has 1 aromatic heterocycles. The molecule has 0 saturated carbocycles. The van der Waals surface area contributed by atoms with Crippen molar-refractivity contribution in [2.45, 2.75) is 13.3 Å². The SMILES string of the molecule is CCc1cc(N)nn1-c1ccc(Br)cc1. The standard InChI is InChI=1S/C11H12BrN3/c1-2-9-7-11(13)14-15(9)10-5-3-8(12)4-6-10/h3-7H,2H2,1H3,(H2,13,14). The summed E-state index contributed by atoms with van der Waals surface area (Å²) in [6.45, 7) is 2.09. The summed E-state index contributed by atoms with van der Waals surface area (Å²) < 4.78 is 2.94. The van der Waals surface area contributed by atoms with Gasteiger partial charge < -0.3 is 5.73 Å². The number of nitrogen functional groups attached to an aromatic ring is 1. The summed E-state index contributed by atoms with van der Waals surface area (Å²) in [5.74, 6) is 0.565. The van der Waals surface area contributed by atoms with Crippen molar-refractivity contribution in [3.8, 4) is 5.69 Å². The second-order valence-corrected chi connectivity index (χ2v) is 4.22. The molecule has 0 aliphatic heterocycles. The molecule has 4 heteroatoms. The number of hydrogen-bond acceptors (Lipinski definition) is 2. The van der Waals surface area contributed by atoms with Gasteiger partial charge >= 0.3 is 0 Å². The molecule has 15 heavy (non-hydrogen) atoms. The molecular formula is C11H12BrN3. The van der Waals surface area contributed by atoms with Crippen LogP contribution in [0.1, 0.15) is 12.6 Å². The Hall–Kier alpha value is -1.29. The number of rotatable bonds is 2. The molecule has 2 aromatic rings. The van der Waals surface area contributed by atoms with Crippen molar-refractivity contribution in [1.82, 2.24) is 9.78 Å². The maximum absolute atomic E-state index is 5.68. The van der Waals surface area contributed by atoms with Crippen LogP contribution < -0.4 is 5.73 Å². The average molecular weight is 266 g/mol. The van der Waals surface area contributed by atoms with E-state index in [1.54, 1.807) is 0 Å². The van der Waals surface area contributed by atoms with E-state index in [9.17, 15) is 0 Å². The number of nitrogens with two attached hydrogens (primary N) is 1. The van der Waals surface area contributed by atoms with E-state index in [2.05, 4.69) is 28.0 Å². The number of halogens is 1.